The standard InChI is InChI=1S/C19H24ClN3O2/c1-14-12-17(18(25-3)13-16(14)20)22-10-6-19(24)23(2)11-7-15-4-8-21-9-5-15/h4-5,8-9,12-13,22H,6-7,10-11H2,1-3H3. The first kappa shape index (κ1) is 19.1. The van der Waals surface area contributed by atoms with E-state index in [0.29, 0.717) is 30.3 Å². The number of aromatic nitrogens is 1. The van der Waals surface area contributed by atoms with E-state index in [1.807, 2.05) is 32.2 Å². The minimum absolute atomic E-state index is 0.103. The smallest absolute Gasteiger partial charge is 0.224 e. The Labute approximate surface area is 154 Å². The normalized spacial score (nSPS) is 10.4. The summed E-state index contributed by atoms with van der Waals surface area (Å²) in [4.78, 5) is 18.0. The zero-order chi connectivity index (χ0) is 18.2. The Morgan fingerprint density at radius 2 is 2.04 bits per heavy atom. The lowest BCUT2D eigenvalue weighted by molar-refractivity contribution is -0.129. The number of likely N-dealkylation sites (N-methyl/N-ethyl adjacent to an activating group) is 1. The summed E-state index contributed by atoms with van der Waals surface area (Å²) < 4.78 is 5.33. The summed E-state index contributed by atoms with van der Waals surface area (Å²) in [7, 11) is 3.43. The van der Waals surface area contributed by atoms with Gasteiger partial charge in [-0.25, -0.2) is 0 Å². The molecule has 1 amide bonds. The highest BCUT2D eigenvalue weighted by molar-refractivity contribution is 6.31. The van der Waals surface area contributed by atoms with Crippen molar-refractivity contribution >= 4 is 23.2 Å². The lowest BCUT2D eigenvalue weighted by atomic mass is 10.2. The van der Waals surface area contributed by atoms with Crippen LogP contribution in [-0.2, 0) is 11.2 Å². The molecule has 0 atom stereocenters. The first-order chi connectivity index (χ1) is 12.0. The second-order valence-electron chi connectivity index (χ2n) is 5.90. The number of anilines is 1. The van der Waals surface area contributed by atoms with Crippen LogP contribution in [0.15, 0.2) is 36.7 Å². The predicted molar refractivity (Wildman–Crippen MR) is 101 cm³/mol. The lowest BCUT2D eigenvalue weighted by Gasteiger charge is -2.18. The van der Waals surface area contributed by atoms with Gasteiger partial charge in [-0.3, -0.25) is 9.78 Å². The van der Waals surface area contributed by atoms with Crippen molar-refractivity contribution in [3.63, 3.8) is 0 Å². The van der Waals surface area contributed by atoms with Crippen LogP contribution in [0.25, 0.3) is 0 Å². The van der Waals surface area contributed by atoms with E-state index in [1.165, 1.54) is 5.56 Å². The van der Waals surface area contributed by atoms with Gasteiger partial charge in [0.15, 0.2) is 0 Å². The van der Waals surface area contributed by atoms with E-state index in [2.05, 4.69) is 10.3 Å². The Bertz CT molecular complexity index is 707. The van der Waals surface area contributed by atoms with Gasteiger partial charge in [-0.1, -0.05) is 11.6 Å². The number of nitrogens with zero attached hydrogens (tertiary/aromatic N) is 2. The number of carbonyl (C=O) groups excluding carboxylic acids is 1. The molecule has 0 radical (unpaired) electrons. The van der Waals surface area contributed by atoms with Gasteiger partial charge >= 0.3 is 0 Å². The summed E-state index contributed by atoms with van der Waals surface area (Å²) in [5.41, 5.74) is 2.98. The molecule has 1 aromatic carbocycles. The summed E-state index contributed by atoms with van der Waals surface area (Å²) in [5.74, 6) is 0.778. The van der Waals surface area contributed by atoms with E-state index in [4.69, 9.17) is 16.3 Å². The van der Waals surface area contributed by atoms with Gasteiger partial charge in [0.2, 0.25) is 5.91 Å². The summed E-state index contributed by atoms with van der Waals surface area (Å²) in [6, 6.07) is 7.64. The molecule has 0 spiro atoms. The molecular weight excluding hydrogens is 338 g/mol. The zero-order valence-electron chi connectivity index (χ0n) is 14.9. The third-order valence-electron chi connectivity index (χ3n) is 4.05. The molecule has 0 fully saturated rings. The molecule has 0 saturated carbocycles. The molecule has 2 rings (SSSR count). The monoisotopic (exact) mass is 361 g/mol. The van der Waals surface area contributed by atoms with Crippen LogP contribution in [0.2, 0.25) is 5.02 Å². The van der Waals surface area contributed by atoms with Crippen molar-refractivity contribution in [1.82, 2.24) is 9.88 Å². The van der Waals surface area contributed by atoms with E-state index >= 15 is 0 Å². The largest absolute Gasteiger partial charge is 0.495 e. The highest BCUT2D eigenvalue weighted by atomic mass is 35.5. The number of hydrogen-bond acceptors (Lipinski definition) is 4. The third-order valence-corrected chi connectivity index (χ3v) is 4.45. The topological polar surface area (TPSA) is 54.5 Å². The van der Waals surface area contributed by atoms with Crippen LogP contribution in [0.1, 0.15) is 17.5 Å². The van der Waals surface area contributed by atoms with E-state index in [0.717, 1.165) is 17.7 Å². The average molecular weight is 362 g/mol. The van der Waals surface area contributed by atoms with E-state index in [1.54, 1.807) is 30.5 Å². The summed E-state index contributed by atoms with van der Waals surface area (Å²) in [6.07, 6.45) is 4.77. The second-order valence-corrected chi connectivity index (χ2v) is 6.31. The summed E-state index contributed by atoms with van der Waals surface area (Å²) >= 11 is 6.10. The van der Waals surface area contributed by atoms with Crippen LogP contribution in [0.3, 0.4) is 0 Å². The molecule has 5 nitrogen and oxygen atoms in total. The van der Waals surface area contributed by atoms with E-state index in [-0.39, 0.29) is 5.91 Å². The Morgan fingerprint density at radius 3 is 2.72 bits per heavy atom. The van der Waals surface area contributed by atoms with Gasteiger partial charge in [-0.05, 0) is 42.7 Å². The van der Waals surface area contributed by atoms with Gasteiger partial charge in [0.25, 0.3) is 0 Å². The number of amides is 1. The van der Waals surface area contributed by atoms with Crippen LogP contribution < -0.4 is 10.1 Å². The minimum atomic E-state index is 0.103. The molecule has 0 unspecified atom stereocenters. The number of methoxy groups -OCH3 is 1. The number of ether oxygens (including phenoxy) is 1. The zero-order valence-corrected chi connectivity index (χ0v) is 15.6. The molecule has 1 heterocycles. The van der Waals surface area contributed by atoms with E-state index < -0.39 is 0 Å². The number of halogens is 1. The van der Waals surface area contributed by atoms with Gasteiger partial charge in [0, 0.05) is 50.0 Å². The fourth-order valence-electron chi connectivity index (χ4n) is 2.44. The number of benzene rings is 1. The minimum Gasteiger partial charge on any atom is -0.495 e. The summed E-state index contributed by atoms with van der Waals surface area (Å²) in [5, 5.41) is 3.91. The van der Waals surface area contributed by atoms with Crippen molar-refractivity contribution in [3.05, 3.63) is 52.8 Å². The average Bonchev–Trinajstić information content (AvgIpc) is 2.63. The predicted octanol–water partition coefficient (Wildman–Crippen LogP) is 3.56. The molecule has 0 saturated heterocycles. The quantitative estimate of drug-likeness (QED) is 0.781. The molecule has 0 aliphatic heterocycles. The fraction of sp³-hybridized carbons (Fsp3) is 0.368. The van der Waals surface area contributed by atoms with Gasteiger partial charge < -0.3 is 15.0 Å². The second kappa shape index (κ2) is 9.28. The SMILES string of the molecule is COc1cc(Cl)c(C)cc1NCCC(=O)N(C)CCc1ccncc1. The Kier molecular flexibility index (Phi) is 7.07. The number of rotatable bonds is 8. The maximum atomic E-state index is 12.3. The van der Waals surface area contributed by atoms with Crippen molar-refractivity contribution < 1.29 is 9.53 Å². The third kappa shape index (κ3) is 5.64. The molecule has 1 aromatic heterocycles. The van der Waals surface area contributed by atoms with Crippen LogP contribution in [0, 0.1) is 6.92 Å². The molecule has 0 aliphatic rings. The molecule has 1 N–H and O–H groups in total. The van der Waals surface area contributed by atoms with Crippen molar-refractivity contribution in [2.45, 2.75) is 19.8 Å². The van der Waals surface area contributed by atoms with Gasteiger partial charge in [0.1, 0.15) is 5.75 Å². The number of hydrogen-bond donors (Lipinski definition) is 1. The highest BCUT2D eigenvalue weighted by Crippen LogP contribution is 2.30. The highest BCUT2D eigenvalue weighted by Gasteiger charge is 2.10. The van der Waals surface area contributed by atoms with Crippen LogP contribution in [0.4, 0.5) is 5.69 Å². The van der Waals surface area contributed by atoms with Gasteiger partial charge in [-0.15, -0.1) is 0 Å². The van der Waals surface area contributed by atoms with Gasteiger partial charge in [0.05, 0.1) is 12.8 Å². The molecule has 2 aromatic rings. The first-order valence-corrected chi connectivity index (χ1v) is 8.60. The molecule has 6 heteroatoms. The molecular formula is C19H24ClN3O2. The number of pyridine rings is 1. The molecule has 134 valence electrons. The summed E-state index contributed by atoms with van der Waals surface area (Å²) in [6.45, 7) is 3.16. The van der Waals surface area contributed by atoms with Gasteiger partial charge in [-0.2, -0.15) is 0 Å². The Balaban J connectivity index is 1.81. The van der Waals surface area contributed by atoms with Crippen LogP contribution >= 0.6 is 11.6 Å². The first-order valence-electron chi connectivity index (χ1n) is 8.22. The van der Waals surface area contributed by atoms with Crippen LogP contribution in [0.5, 0.6) is 5.75 Å². The molecule has 25 heavy (non-hydrogen) atoms. The number of carbonyl (C=O) groups is 1. The number of aryl methyl sites for hydroxylation is 1. The van der Waals surface area contributed by atoms with Crippen molar-refractivity contribution in [3.8, 4) is 5.75 Å². The maximum absolute atomic E-state index is 12.3. The van der Waals surface area contributed by atoms with Crippen molar-refractivity contribution in [2.24, 2.45) is 0 Å². The molecule has 0 bridgehead atoms. The van der Waals surface area contributed by atoms with Crippen molar-refractivity contribution in [2.75, 3.05) is 32.6 Å². The Morgan fingerprint density at radius 1 is 1.32 bits per heavy atom. The maximum Gasteiger partial charge on any atom is 0.224 e. The van der Waals surface area contributed by atoms with Crippen molar-refractivity contribution in [1.29, 1.82) is 0 Å². The Hall–Kier alpha value is -2.27. The fourth-order valence-corrected chi connectivity index (χ4v) is 2.59. The van der Waals surface area contributed by atoms with Crippen LogP contribution in [-0.4, -0.2) is 43.0 Å². The lowest BCUT2D eigenvalue weighted by Crippen LogP contribution is -2.30. The molecule has 0 aliphatic carbocycles. The number of nitrogens with one attached hydrogen (secondary N) is 1. The van der Waals surface area contributed by atoms with E-state index in [9.17, 15) is 4.79 Å².